The zero-order valence-corrected chi connectivity index (χ0v) is 13.0. The van der Waals surface area contributed by atoms with Gasteiger partial charge < -0.3 is 0 Å². The van der Waals surface area contributed by atoms with Crippen LogP contribution < -0.4 is 5.01 Å². The minimum atomic E-state index is 0.0415. The van der Waals surface area contributed by atoms with Crippen LogP contribution in [0.4, 0.5) is 5.69 Å². The van der Waals surface area contributed by atoms with Gasteiger partial charge in [-0.25, -0.2) is 4.68 Å². The van der Waals surface area contributed by atoms with Crippen molar-refractivity contribution in [1.29, 1.82) is 0 Å². The number of aromatic nitrogens is 2. The second-order valence-corrected chi connectivity index (χ2v) is 5.54. The number of nitrogens with zero attached hydrogens (tertiary/aromatic N) is 4. The highest BCUT2D eigenvalue weighted by Crippen LogP contribution is 2.20. The van der Waals surface area contributed by atoms with Crippen molar-refractivity contribution in [2.24, 2.45) is 5.10 Å². The summed E-state index contributed by atoms with van der Waals surface area (Å²) >= 11 is 0. The summed E-state index contributed by atoms with van der Waals surface area (Å²) in [6.45, 7) is 0.589. The van der Waals surface area contributed by atoms with Crippen LogP contribution in [0.3, 0.4) is 0 Å². The normalized spacial score (nSPS) is 14.6. The Morgan fingerprint density at radius 3 is 2.21 bits per heavy atom. The quantitative estimate of drug-likeness (QED) is 0.746. The Balaban J connectivity index is 1.77. The molecule has 4 rings (SSSR count). The maximum atomic E-state index is 12.5. The predicted molar refractivity (Wildman–Crippen MR) is 93.5 cm³/mol. The van der Waals surface area contributed by atoms with Gasteiger partial charge in [-0.05, 0) is 30.3 Å². The van der Waals surface area contributed by atoms with E-state index in [1.165, 1.54) is 0 Å². The van der Waals surface area contributed by atoms with Crippen LogP contribution in [0, 0.1) is 0 Å². The molecule has 5 nitrogen and oxygen atoms in total. The van der Waals surface area contributed by atoms with Gasteiger partial charge in [0.15, 0.2) is 11.5 Å². The zero-order valence-electron chi connectivity index (χ0n) is 13.0. The SMILES string of the molecule is O=C1CCN(c2ccccc2)N=C1c1ccnn1-c1ccccc1. The Morgan fingerprint density at radius 1 is 0.833 bits per heavy atom. The van der Waals surface area contributed by atoms with Crippen molar-refractivity contribution in [3.8, 4) is 5.69 Å². The standard InChI is InChI=1S/C19H16N4O/c24-18-12-14-22(15-7-3-1-4-8-15)21-19(18)17-11-13-20-23(17)16-9-5-2-6-10-16/h1-11,13H,12,14H2. The van der Waals surface area contributed by atoms with E-state index >= 15 is 0 Å². The second kappa shape index (κ2) is 6.12. The first-order valence-electron chi connectivity index (χ1n) is 7.87. The highest BCUT2D eigenvalue weighted by Gasteiger charge is 2.25. The summed E-state index contributed by atoms with van der Waals surface area (Å²) in [7, 11) is 0. The summed E-state index contributed by atoms with van der Waals surface area (Å²) in [6.07, 6.45) is 2.13. The van der Waals surface area contributed by atoms with Gasteiger partial charge in [0.1, 0.15) is 0 Å². The summed E-state index contributed by atoms with van der Waals surface area (Å²) in [5.74, 6) is 0.0415. The van der Waals surface area contributed by atoms with Gasteiger partial charge in [-0.3, -0.25) is 9.80 Å². The molecule has 0 aliphatic carbocycles. The molecule has 0 spiro atoms. The number of para-hydroxylation sites is 2. The van der Waals surface area contributed by atoms with Crippen LogP contribution in [-0.4, -0.2) is 27.8 Å². The van der Waals surface area contributed by atoms with Gasteiger partial charge in [0, 0.05) is 13.0 Å². The molecule has 2 aromatic carbocycles. The first-order valence-corrected chi connectivity index (χ1v) is 7.87. The number of ketones is 1. The van der Waals surface area contributed by atoms with Crippen LogP contribution in [0.5, 0.6) is 0 Å². The first-order chi connectivity index (χ1) is 11.8. The summed E-state index contributed by atoms with van der Waals surface area (Å²) in [4.78, 5) is 12.5. The highest BCUT2D eigenvalue weighted by atomic mass is 16.1. The Bertz CT molecular complexity index is 884. The van der Waals surface area contributed by atoms with Gasteiger partial charge in [0.2, 0.25) is 0 Å². The van der Waals surface area contributed by atoms with Gasteiger partial charge in [-0.15, -0.1) is 0 Å². The van der Waals surface area contributed by atoms with Crippen LogP contribution in [0.15, 0.2) is 78.0 Å². The lowest BCUT2D eigenvalue weighted by Crippen LogP contribution is -2.34. The predicted octanol–water partition coefficient (Wildman–Crippen LogP) is 3.06. The third-order valence-corrected chi connectivity index (χ3v) is 3.98. The Hall–Kier alpha value is -3.21. The molecule has 0 atom stereocenters. The largest absolute Gasteiger partial charge is 0.292 e. The summed E-state index contributed by atoms with van der Waals surface area (Å²) in [5, 5.41) is 10.8. The van der Waals surface area contributed by atoms with E-state index in [2.05, 4.69) is 10.2 Å². The van der Waals surface area contributed by atoms with E-state index in [4.69, 9.17) is 0 Å². The van der Waals surface area contributed by atoms with Gasteiger partial charge in [0.05, 0.1) is 23.3 Å². The number of Topliss-reactive ketones (excluding diaryl/α,β-unsaturated/α-hetero) is 1. The highest BCUT2D eigenvalue weighted by molar-refractivity contribution is 6.46. The maximum Gasteiger partial charge on any atom is 0.187 e. The molecular formula is C19H16N4O. The van der Waals surface area contributed by atoms with E-state index in [-0.39, 0.29) is 5.78 Å². The van der Waals surface area contributed by atoms with Crippen molar-refractivity contribution in [3.63, 3.8) is 0 Å². The van der Waals surface area contributed by atoms with Gasteiger partial charge in [-0.2, -0.15) is 10.2 Å². The molecule has 0 amide bonds. The molecule has 0 fully saturated rings. The number of carbonyl (C=O) groups is 1. The van der Waals surface area contributed by atoms with Gasteiger partial charge in [0.25, 0.3) is 0 Å². The summed E-state index contributed by atoms with van der Waals surface area (Å²) in [5.41, 5.74) is 3.05. The average molecular weight is 316 g/mol. The fourth-order valence-electron chi connectivity index (χ4n) is 2.79. The van der Waals surface area contributed by atoms with E-state index in [0.717, 1.165) is 11.4 Å². The van der Waals surface area contributed by atoms with Crippen LogP contribution in [-0.2, 0) is 4.79 Å². The van der Waals surface area contributed by atoms with Gasteiger partial charge in [-0.1, -0.05) is 36.4 Å². The number of anilines is 1. The maximum absolute atomic E-state index is 12.5. The minimum Gasteiger partial charge on any atom is -0.292 e. The molecule has 0 radical (unpaired) electrons. The molecule has 0 N–H and O–H groups in total. The lowest BCUT2D eigenvalue weighted by atomic mass is 10.1. The third kappa shape index (κ3) is 2.60. The van der Waals surface area contributed by atoms with Crippen LogP contribution >= 0.6 is 0 Å². The average Bonchev–Trinajstić information content (AvgIpc) is 3.13. The molecule has 118 valence electrons. The van der Waals surface area contributed by atoms with Gasteiger partial charge >= 0.3 is 0 Å². The molecule has 0 saturated heterocycles. The lowest BCUT2D eigenvalue weighted by Gasteiger charge is -2.24. The van der Waals surface area contributed by atoms with Crippen molar-refractivity contribution < 1.29 is 4.79 Å². The van der Waals surface area contributed by atoms with Crippen molar-refractivity contribution >= 4 is 17.2 Å². The van der Waals surface area contributed by atoms with E-state index < -0.39 is 0 Å². The van der Waals surface area contributed by atoms with E-state index in [1.807, 2.05) is 71.7 Å². The van der Waals surface area contributed by atoms with Crippen molar-refractivity contribution in [2.75, 3.05) is 11.6 Å². The van der Waals surface area contributed by atoms with E-state index in [1.54, 1.807) is 10.9 Å². The molecule has 1 aliphatic rings. The fraction of sp³-hybridized carbons (Fsp3) is 0.105. The smallest absolute Gasteiger partial charge is 0.187 e. The monoisotopic (exact) mass is 316 g/mol. The van der Waals surface area contributed by atoms with E-state index in [9.17, 15) is 4.79 Å². The number of hydrogen-bond donors (Lipinski definition) is 0. The lowest BCUT2D eigenvalue weighted by molar-refractivity contribution is -0.113. The van der Waals surface area contributed by atoms with Crippen molar-refractivity contribution in [1.82, 2.24) is 9.78 Å². The van der Waals surface area contributed by atoms with Crippen molar-refractivity contribution in [2.45, 2.75) is 6.42 Å². The molecule has 24 heavy (non-hydrogen) atoms. The molecule has 0 bridgehead atoms. The molecule has 5 heteroatoms. The molecule has 3 aromatic rings. The second-order valence-electron chi connectivity index (χ2n) is 5.54. The molecule has 0 saturated carbocycles. The van der Waals surface area contributed by atoms with Crippen molar-refractivity contribution in [3.05, 3.63) is 78.6 Å². The molecular weight excluding hydrogens is 300 g/mol. The Kier molecular flexibility index (Phi) is 3.67. The number of hydrazone groups is 1. The fourth-order valence-corrected chi connectivity index (χ4v) is 2.79. The van der Waals surface area contributed by atoms with Crippen LogP contribution in [0.2, 0.25) is 0 Å². The molecule has 1 aliphatic heterocycles. The van der Waals surface area contributed by atoms with E-state index in [0.29, 0.717) is 24.4 Å². The molecule has 0 unspecified atom stereocenters. The number of rotatable bonds is 3. The zero-order chi connectivity index (χ0) is 16.4. The number of benzene rings is 2. The Labute approximate surface area is 139 Å². The summed E-state index contributed by atoms with van der Waals surface area (Å²) in [6, 6.07) is 21.5. The number of hydrogen-bond acceptors (Lipinski definition) is 4. The minimum absolute atomic E-state index is 0.0415. The van der Waals surface area contributed by atoms with Crippen LogP contribution in [0.1, 0.15) is 12.1 Å². The molecule has 1 aromatic heterocycles. The summed E-state index contributed by atoms with van der Waals surface area (Å²) < 4.78 is 1.76. The Morgan fingerprint density at radius 2 is 1.50 bits per heavy atom. The number of carbonyl (C=O) groups excluding carboxylic acids is 1. The topological polar surface area (TPSA) is 50.5 Å². The van der Waals surface area contributed by atoms with Crippen LogP contribution in [0.25, 0.3) is 5.69 Å². The molecule has 2 heterocycles. The first kappa shape index (κ1) is 14.4. The third-order valence-electron chi connectivity index (χ3n) is 3.98.